The van der Waals surface area contributed by atoms with Gasteiger partial charge in [0.1, 0.15) is 0 Å². The number of hydrogen-bond acceptors (Lipinski definition) is 3. The molecule has 1 aliphatic heterocycles. The Kier molecular flexibility index (Phi) is 2.86. The Balaban J connectivity index is 2.46. The molecule has 2 rings (SSSR count). The molecule has 0 aliphatic carbocycles. The number of carboxylic acid groups (broad SMARTS) is 1. The summed E-state index contributed by atoms with van der Waals surface area (Å²) in [5.41, 5.74) is 7.76. The summed E-state index contributed by atoms with van der Waals surface area (Å²) in [5, 5.41) is 8.99. The van der Waals surface area contributed by atoms with Gasteiger partial charge in [-0.2, -0.15) is 0 Å². The average Bonchev–Trinajstić information content (AvgIpc) is 2.63. The fraction of sp³-hybridized carbons (Fsp3) is 0.385. The number of fused-ring (bicyclic) bond motifs is 1. The number of nitrogens with two attached hydrogens (primary N) is 1. The lowest BCUT2D eigenvalue weighted by molar-refractivity contribution is -0.116. The van der Waals surface area contributed by atoms with Crippen molar-refractivity contribution in [3.63, 3.8) is 0 Å². The van der Waals surface area contributed by atoms with Crippen LogP contribution in [0.25, 0.3) is 0 Å². The molecule has 3 N–H and O–H groups in total. The summed E-state index contributed by atoms with van der Waals surface area (Å²) in [7, 11) is 0. The Morgan fingerprint density at radius 1 is 1.50 bits per heavy atom. The minimum Gasteiger partial charge on any atom is -0.464 e. The number of imide groups is 1. The molecule has 18 heavy (non-hydrogen) atoms. The highest BCUT2D eigenvalue weighted by molar-refractivity contribution is 6.16. The highest BCUT2D eigenvalue weighted by Gasteiger charge is 2.33. The molecule has 0 saturated carbocycles. The van der Waals surface area contributed by atoms with E-state index in [9.17, 15) is 9.59 Å². The molecule has 1 heterocycles. The van der Waals surface area contributed by atoms with Gasteiger partial charge in [0, 0.05) is 12.0 Å². The zero-order valence-electron chi connectivity index (χ0n) is 10.4. The van der Waals surface area contributed by atoms with Gasteiger partial charge in [0.2, 0.25) is 5.91 Å². The monoisotopic (exact) mass is 248 g/mol. The van der Waals surface area contributed by atoms with Crippen molar-refractivity contribution in [2.24, 2.45) is 5.73 Å². The predicted molar refractivity (Wildman–Crippen MR) is 67.7 cm³/mol. The molecule has 5 nitrogen and oxygen atoms in total. The van der Waals surface area contributed by atoms with Gasteiger partial charge in [-0.05, 0) is 17.2 Å². The number of rotatable bonds is 2. The molecule has 0 fully saturated rings. The quantitative estimate of drug-likeness (QED) is 0.830. The lowest BCUT2D eigenvalue weighted by atomic mass is 9.84. The minimum absolute atomic E-state index is 0.135. The van der Waals surface area contributed by atoms with E-state index in [1.54, 1.807) is 6.07 Å². The molecule has 1 aliphatic rings. The molecule has 0 radical (unpaired) electrons. The van der Waals surface area contributed by atoms with Crippen LogP contribution in [0.3, 0.4) is 0 Å². The van der Waals surface area contributed by atoms with Crippen LogP contribution in [-0.4, -0.2) is 23.7 Å². The van der Waals surface area contributed by atoms with Crippen molar-refractivity contribution in [1.82, 2.24) is 0 Å². The van der Waals surface area contributed by atoms with E-state index < -0.39 is 12.0 Å². The Morgan fingerprint density at radius 3 is 2.72 bits per heavy atom. The second kappa shape index (κ2) is 4.10. The summed E-state index contributed by atoms with van der Waals surface area (Å²) in [5.74, 6) is -0.403. The van der Waals surface area contributed by atoms with Gasteiger partial charge in [-0.1, -0.05) is 26.0 Å². The summed E-state index contributed by atoms with van der Waals surface area (Å²) in [6.07, 6.45) is -1.10. The third-order valence-corrected chi connectivity index (χ3v) is 3.39. The first-order valence-corrected chi connectivity index (χ1v) is 5.76. The fourth-order valence-corrected chi connectivity index (χ4v) is 2.07. The second-order valence-corrected chi connectivity index (χ2v) is 5.12. The second-order valence-electron chi connectivity index (χ2n) is 5.12. The van der Waals surface area contributed by atoms with Crippen molar-refractivity contribution >= 4 is 17.7 Å². The van der Waals surface area contributed by atoms with Crippen LogP contribution in [0.4, 0.5) is 10.5 Å². The number of carbonyl (C=O) groups is 2. The average molecular weight is 248 g/mol. The van der Waals surface area contributed by atoms with Gasteiger partial charge >= 0.3 is 6.09 Å². The normalized spacial score (nSPS) is 14.8. The number of anilines is 1. The number of benzene rings is 1. The molecule has 0 saturated heterocycles. The lowest BCUT2D eigenvalue weighted by Crippen LogP contribution is -2.32. The van der Waals surface area contributed by atoms with Gasteiger partial charge in [-0.3, -0.25) is 4.79 Å². The Labute approximate surface area is 105 Å². The zero-order valence-corrected chi connectivity index (χ0v) is 10.4. The molecular formula is C13H16N2O3. The van der Waals surface area contributed by atoms with Crippen molar-refractivity contribution < 1.29 is 14.7 Å². The van der Waals surface area contributed by atoms with Gasteiger partial charge in [-0.25, -0.2) is 9.69 Å². The van der Waals surface area contributed by atoms with Crippen molar-refractivity contribution in [2.45, 2.75) is 25.7 Å². The van der Waals surface area contributed by atoms with E-state index in [2.05, 4.69) is 0 Å². The maximum Gasteiger partial charge on any atom is 0.418 e. The topological polar surface area (TPSA) is 83.6 Å². The highest BCUT2D eigenvalue weighted by Crippen LogP contribution is 2.33. The van der Waals surface area contributed by atoms with Crippen LogP contribution in [0.1, 0.15) is 25.0 Å². The number of carbonyl (C=O) groups excluding carboxylic acids is 1. The molecule has 2 amide bonds. The van der Waals surface area contributed by atoms with Crippen LogP contribution in [0.15, 0.2) is 18.2 Å². The van der Waals surface area contributed by atoms with Gasteiger partial charge in [-0.15, -0.1) is 0 Å². The van der Waals surface area contributed by atoms with Crippen LogP contribution in [-0.2, 0) is 16.6 Å². The van der Waals surface area contributed by atoms with Crippen molar-refractivity contribution in [2.75, 3.05) is 11.4 Å². The van der Waals surface area contributed by atoms with E-state index in [1.807, 2.05) is 26.0 Å². The minimum atomic E-state index is -1.23. The number of amides is 2. The standard InChI is InChI=1S/C13H16N2O3/c1-13(2,7-14)9-3-4-10-8(5-9)6-11(16)15(10)12(17)18/h3-5H,6-7,14H2,1-2H3,(H,17,18). The largest absolute Gasteiger partial charge is 0.464 e. The van der Waals surface area contributed by atoms with E-state index in [-0.39, 0.29) is 11.8 Å². The molecule has 0 bridgehead atoms. The molecule has 5 heteroatoms. The van der Waals surface area contributed by atoms with E-state index in [4.69, 9.17) is 10.8 Å². The van der Waals surface area contributed by atoms with Crippen LogP contribution in [0.2, 0.25) is 0 Å². The van der Waals surface area contributed by atoms with E-state index in [1.165, 1.54) is 0 Å². The first-order chi connectivity index (χ1) is 8.36. The highest BCUT2D eigenvalue weighted by atomic mass is 16.4. The van der Waals surface area contributed by atoms with E-state index >= 15 is 0 Å². The fourth-order valence-electron chi connectivity index (χ4n) is 2.07. The summed E-state index contributed by atoms with van der Waals surface area (Å²) >= 11 is 0. The summed E-state index contributed by atoms with van der Waals surface area (Å²) in [6.45, 7) is 4.52. The van der Waals surface area contributed by atoms with E-state index in [0.717, 1.165) is 16.0 Å². The van der Waals surface area contributed by atoms with Gasteiger partial charge in [0.15, 0.2) is 0 Å². The van der Waals surface area contributed by atoms with Crippen LogP contribution < -0.4 is 10.6 Å². The van der Waals surface area contributed by atoms with E-state index in [0.29, 0.717) is 12.2 Å². The lowest BCUT2D eigenvalue weighted by Gasteiger charge is -2.23. The first-order valence-electron chi connectivity index (χ1n) is 5.76. The molecule has 0 spiro atoms. The van der Waals surface area contributed by atoms with Gasteiger partial charge < -0.3 is 10.8 Å². The van der Waals surface area contributed by atoms with Crippen molar-refractivity contribution in [3.05, 3.63) is 29.3 Å². The maximum absolute atomic E-state index is 11.6. The van der Waals surface area contributed by atoms with Crippen LogP contribution >= 0.6 is 0 Å². The summed E-state index contributed by atoms with van der Waals surface area (Å²) in [4.78, 5) is 23.4. The molecule has 1 aromatic carbocycles. The molecule has 1 aromatic rings. The molecule has 0 aromatic heterocycles. The maximum atomic E-state index is 11.6. The van der Waals surface area contributed by atoms with Crippen LogP contribution in [0, 0.1) is 0 Å². The number of hydrogen-bond donors (Lipinski definition) is 2. The SMILES string of the molecule is CC(C)(CN)c1ccc2c(c1)CC(=O)N2C(=O)O. The van der Waals surface area contributed by atoms with Crippen molar-refractivity contribution in [1.29, 1.82) is 0 Å². The number of nitrogens with zero attached hydrogens (tertiary/aromatic N) is 1. The predicted octanol–water partition coefficient (Wildman–Crippen LogP) is 1.49. The molecular weight excluding hydrogens is 232 g/mol. The summed E-state index contributed by atoms with van der Waals surface area (Å²) in [6, 6.07) is 5.39. The first kappa shape index (κ1) is 12.6. The van der Waals surface area contributed by atoms with Crippen LogP contribution in [0.5, 0.6) is 0 Å². The Bertz CT molecular complexity index is 523. The summed E-state index contributed by atoms with van der Waals surface area (Å²) < 4.78 is 0. The Hall–Kier alpha value is -1.88. The molecule has 0 unspecified atom stereocenters. The van der Waals surface area contributed by atoms with Gasteiger partial charge in [0.25, 0.3) is 0 Å². The third-order valence-electron chi connectivity index (χ3n) is 3.39. The molecule has 0 atom stereocenters. The van der Waals surface area contributed by atoms with Gasteiger partial charge in [0.05, 0.1) is 12.1 Å². The Morgan fingerprint density at radius 2 is 2.17 bits per heavy atom. The third kappa shape index (κ3) is 1.86. The van der Waals surface area contributed by atoms with Crippen molar-refractivity contribution in [3.8, 4) is 0 Å². The smallest absolute Gasteiger partial charge is 0.418 e. The zero-order chi connectivity index (χ0) is 13.5. The molecule has 96 valence electrons.